The SMILES string of the molecule is CC(C)(C)C1CCC(NC(=O)c2cccc(I)c2)CC1. The normalized spacial score (nSPS) is 23.4. The highest BCUT2D eigenvalue weighted by Crippen LogP contribution is 2.37. The number of benzene rings is 1. The van der Waals surface area contributed by atoms with E-state index in [0.717, 1.165) is 27.9 Å². The van der Waals surface area contributed by atoms with Crippen LogP contribution in [0.25, 0.3) is 0 Å². The Hall–Kier alpha value is -0.580. The molecule has 0 aliphatic heterocycles. The van der Waals surface area contributed by atoms with E-state index >= 15 is 0 Å². The van der Waals surface area contributed by atoms with Crippen molar-refractivity contribution in [3.05, 3.63) is 33.4 Å². The minimum Gasteiger partial charge on any atom is -0.349 e. The zero-order valence-electron chi connectivity index (χ0n) is 12.6. The molecule has 0 unspecified atom stereocenters. The van der Waals surface area contributed by atoms with Crippen LogP contribution in [0.15, 0.2) is 24.3 Å². The summed E-state index contributed by atoms with van der Waals surface area (Å²) in [6.07, 6.45) is 4.66. The van der Waals surface area contributed by atoms with Crippen LogP contribution in [-0.2, 0) is 0 Å². The minimum atomic E-state index is 0.0720. The summed E-state index contributed by atoms with van der Waals surface area (Å²) in [6.45, 7) is 6.97. The van der Waals surface area contributed by atoms with Gasteiger partial charge in [0, 0.05) is 15.2 Å². The number of carbonyl (C=O) groups is 1. The van der Waals surface area contributed by atoms with Crippen LogP contribution in [0.1, 0.15) is 56.8 Å². The molecule has 0 bridgehead atoms. The van der Waals surface area contributed by atoms with Crippen molar-refractivity contribution in [2.24, 2.45) is 11.3 Å². The highest BCUT2D eigenvalue weighted by Gasteiger charge is 2.30. The first kappa shape index (κ1) is 15.8. The highest BCUT2D eigenvalue weighted by molar-refractivity contribution is 14.1. The van der Waals surface area contributed by atoms with Crippen LogP contribution < -0.4 is 5.32 Å². The molecule has 1 aromatic rings. The lowest BCUT2D eigenvalue weighted by atomic mass is 9.71. The number of hydrogen-bond donors (Lipinski definition) is 1. The first-order valence-electron chi connectivity index (χ1n) is 7.42. The van der Waals surface area contributed by atoms with Crippen LogP contribution in [0, 0.1) is 14.9 Å². The minimum absolute atomic E-state index is 0.0720. The molecule has 1 aliphatic carbocycles. The second-order valence-corrected chi connectivity index (χ2v) is 8.14. The van der Waals surface area contributed by atoms with Gasteiger partial charge in [0.1, 0.15) is 0 Å². The lowest BCUT2D eigenvalue weighted by molar-refractivity contribution is 0.0904. The summed E-state index contributed by atoms with van der Waals surface area (Å²) < 4.78 is 1.10. The third-order valence-corrected chi connectivity index (χ3v) is 5.04. The van der Waals surface area contributed by atoms with Crippen molar-refractivity contribution in [1.82, 2.24) is 5.32 Å². The van der Waals surface area contributed by atoms with Crippen molar-refractivity contribution in [3.8, 4) is 0 Å². The Kier molecular flexibility index (Phi) is 5.10. The van der Waals surface area contributed by atoms with Gasteiger partial charge in [-0.15, -0.1) is 0 Å². The summed E-state index contributed by atoms with van der Waals surface area (Å²) in [7, 11) is 0. The van der Waals surface area contributed by atoms with E-state index in [1.54, 1.807) is 0 Å². The van der Waals surface area contributed by atoms with Gasteiger partial charge in [0.2, 0.25) is 0 Å². The first-order chi connectivity index (χ1) is 9.36. The average Bonchev–Trinajstić information content (AvgIpc) is 2.38. The van der Waals surface area contributed by atoms with E-state index in [4.69, 9.17) is 0 Å². The van der Waals surface area contributed by atoms with E-state index in [-0.39, 0.29) is 5.91 Å². The summed E-state index contributed by atoms with van der Waals surface area (Å²) in [5.74, 6) is 0.857. The fourth-order valence-electron chi connectivity index (χ4n) is 3.00. The number of rotatable bonds is 2. The van der Waals surface area contributed by atoms with Gasteiger partial charge in [-0.2, -0.15) is 0 Å². The monoisotopic (exact) mass is 385 g/mol. The zero-order chi connectivity index (χ0) is 14.8. The van der Waals surface area contributed by atoms with Crippen LogP contribution in [0.2, 0.25) is 0 Å². The molecule has 110 valence electrons. The molecule has 2 nitrogen and oxygen atoms in total. The van der Waals surface area contributed by atoms with Crippen LogP contribution in [0.5, 0.6) is 0 Å². The van der Waals surface area contributed by atoms with Gasteiger partial charge in [0.15, 0.2) is 0 Å². The Morgan fingerprint density at radius 1 is 1.20 bits per heavy atom. The first-order valence-corrected chi connectivity index (χ1v) is 8.50. The third-order valence-electron chi connectivity index (χ3n) is 4.37. The molecule has 1 saturated carbocycles. The second-order valence-electron chi connectivity index (χ2n) is 6.90. The third kappa shape index (κ3) is 4.21. The van der Waals surface area contributed by atoms with Crippen molar-refractivity contribution < 1.29 is 4.79 Å². The molecule has 1 amide bonds. The molecule has 1 N–H and O–H groups in total. The Morgan fingerprint density at radius 3 is 2.40 bits per heavy atom. The molecule has 0 atom stereocenters. The quantitative estimate of drug-likeness (QED) is 0.740. The lowest BCUT2D eigenvalue weighted by Gasteiger charge is -2.37. The fourth-order valence-corrected chi connectivity index (χ4v) is 3.55. The van der Waals surface area contributed by atoms with Gasteiger partial charge in [-0.25, -0.2) is 0 Å². The van der Waals surface area contributed by atoms with E-state index in [9.17, 15) is 4.79 Å². The predicted octanol–water partition coefficient (Wildman–Crippen LogP) is 4.63. The van der Waals surface area contributed by atoms with E-state index < -0.39 is 0 Å². The maximum Gasteiger partial charge on any atom is 0.251 e. The molecule has 1 fully saturated rings. The smallest absolute Gasteiger partial charge is 0.251 e. The molecule has 2 rings (SSSR count). The standard InChI is InChI=1S/C17H24INO/c1-17(2,3)13-7-9-15(10-8-13)19-16(20)12-5-4-6-14(18)11-12/h4-6,11,13,15H,7-10H2,1-3H3,(H,19,20). The predicted molar refractivity (Wildman–Crippen MR) is 91.8 cm³/mol. The number of carbonyl (C=O) groups excluding carboxylic acids is 1. The van der Waals surface area contributed by atoms with E-state index in [1.165, 1.54) is 12.8 Å². The molecule has 20 heavy (non-hydrogen) atoms. The summed E-state index contributed by atoms with van der Waals surface area (Å²) in [6, 6.07) is 8.12. The summed E-state index contributed by atoms with van der Waals surface area (Å²) in [4.78, 5) is 12.2. The maximum atomic E-state index is 12.2. The van der Waals surface area contributed by atoms with Gasteiger partial charge in [-0.1, -0.05) is 26.8 Å². The van der Waals surface area contributed by atoms with Crippen molar-refractivity contribution in [3.63, 3.8) is 0 Å². The van der Waals surface area contributed by atoms with Gasteiger partial charge < -0.3 is 5.32 Å². The van der Waals surface area contributed by atoms with Crippen molar-refractivity contribution >= 4 is 28.5 Å². The van der Waals surface area contributed by atoms with E-state index in [2.05, 4.69) is 48.7 Å². The molecule has 0 radical (unpaired) electrons. The Balaban J connectivity index is 1.88. The Bertz CT molecular complexity index is 470. The topological polar surface area (TPSA) is 29.1 Å². The Morgan fingerprint density at radius 2 is 1.85 bits per heavy atom. The summed E-state index contributed by atoms with van der Waals surface area (Å²) in [5.41, 5.74) is 1.17. The van der Waals surface area contributed by atoms with E-state index in [0.29, 0.717) is 11.5 Å². The molecule has 0 spiro atoms. The van der Waals surface area contributed by atoms with Crippen LogP contribution in [0.4, 0.5) is 0 Å². The second kappa shape index (κ2) is 6.46. The molecule has 1 aliphatic rings. The van der Waals surface area contributed by atoms with Crippen molar-refractivity contribution in [2.45, 2.75) is 52.5 Å². The number of nitrogens with one attached hydrogen (secondary N) is 1. The molecule has 3 heteroatoms. The largest absolute Gasteiger partial charge is 0.349 e. The zero-order valence-corrected chi connectivity index (χ0v) is 14.7. The maximum absolute atomic E-state index is 12.2. The molecule has 1 aromatic carbocycles. The van der Waals surface area contributed by atoms with Crippen LogP contribution in [0.3, 0.4) is 0 Å². The van der Waals surface area contributed by atoms with Gasteiger partial charge in [0.05, 0.1) is 0 Å². The van der Waals surface area contributed by atoms with E-state index in [1.807, 2.05) is 24.3 Å². The average molecular weight is 385 g/mol. The molecular formula is C17H24INO. The summed E-state index contributed by atoms with van der Waals surface area (Å²) >= 11 is 2.24. The Labute approximate surface area is 135 Å². The lowest BCUT2D eigenvalue weighted by Crippen LogP contribution is -2.39. The van der Waals surface area contributed by atoms with Crippen molar-refractivity contribution in [1.29, 1.82) is 0 Å². The fraction of sp³-hybridized carbons (Fsp3) is 0.588. The molecule has 0 heterocycles. The highest BCUT2D eigenvalue weighted by atomic mass is 127. The van der Waals surface area contributed by atoms with Gasteiger partial charge in [-0.3, -0.25) is 4.79 Å². The van der Waals surface area contributed by atoms with Gasteiger partial charge in [-0.05, 0) is 77.8 Å². The van der Waals surface area contributed by atoms with Crippen molar-refractivity contribution in [2.75, 3.05) is 0 Å². The van der Waals surface area contributed by atoms with Gasteiger partial charge in [0.25, 0.3) is 5.91 Å². The number of amides is 1. The molecule has 0 saturated heterocycles. The number of halogens is 1. The molecular weight excluding hydrogens is 361 g/mol. The summed E-state index contributed by atoms with van der Waals surface area (Å²) in [5, 5.41) is 3.19. The van der Waals surface area contributed by atoms with Crippen LogP contribution in [-0.4, -0.2) is 11.9 Å². The van der Waals surface area contributed by atoms with Crippen LogP contribution >= 0.6 is 22.6 Å². The van der Waals surface area contributed by atoms with Gasteiger partial charge >= 0.3 is 0 Å². The number of hydrogen-bond acceptors (Lipinski definition) is 1. The molecule has 0 aromatic heterocycles.